The summed E-state index contributed by atoms with van der Waals surface area (Å²) in [5.74, 6) is -0.318. The molecule has 0 aliphatic heterocycles. The molecule has 0 amide bonds. The van der Waals surface area contributed by atoms with Crippen molar-refractivity contribution in [2.24, 2.45) is 5.92 Å². The van der Waals surface area contributed by atoms with E-state index in [-0.39, 0.29) is 11.6 Å². The van der Waals surface area contributed by atoms with Gasteiger partial charge in [-0.05, 0) is 37.8 Å². The van der Waals surface area contributed by atoms with Gasteiger partial charge in [-0.1, -0.05) is 25.1 Å². The van der Waals surface area contributed by atoms with E-state index in [1.54, 1.807) is 22.9 Å². The van der Waals surface area contributed by atoms with Gasteiger partial charge < -0.3 is 5.11 Å². The van der Waals surface area contributed by atoms with Crippen LogP contribution in [0, 0.1) is 5.92 Å². The molecular formula is C14H19N3O2. The number of hydrogen-bond donors (Lipinski definition) is 1. The summed E-state index contributed by atoms with van der Waals surface area (Å²) < 4.78 is 1.74. The number of carboxylic acids is 1. The van der Waals surface area contributed by atoms with Crippen molar-refractivity contribution in [1.29, 1.82) is 0 Å². The Morgan fingerprint density at radius 3 is 2.68 bits per heavy atom. The van der Waals surface area contributed by atoms with Gasteiger partial charge in [-0.25, -0.2) is 9.48 Å². The fourth-order valence-electron chi connectivity index (χ4n) is 2.17. The lowest BCUT2D eigenvalue weighted by molar-refractivity contribution is 0.0698. The first-order valence-electron chi connectivity index (χ1n) is 6.58. The van der Waals surface area contributed by atoms with E-state index in [4.69, 9.17) is 0 Å². The smallest absolute Gasteiger partial charge is 0.337 e. The summed E-state index contributed by atoms with van der Waals surface area (Å²) in [6.45, 7) is 6.40. The molecule has 5 heteroatoms. The zero-order chi connectivity index (χ0) is 14.0. The van der Waals surface area contributed by atoms with Crippen molar-refractivity contribution in [2.45, 2.75) is 39.7 Å². The quantitative estimate of drug-likeness (QED) is 0.897. The summed E-state index contributed by atoms with van der Waals surface area (Å²) in [4.78, 5) is 11.3. The lowest BCUT2D eigenvalue weighted by Gasteiger charge is -2.14. The zero-order valence-electron chi connectivity index (χ0n) is 11.5. The molecule has 1 aromatic heterocycles. The summed E-state index contributed by atoms with van der Waals surface area (Å²) in [6, 6.07) is 5.23. The Morgan fingerprint density at radius 1 is 1.32 bits per heavy atom. The van der Waals surface area contributed by atoms with Gasteiger partial charge in [0.15, 0.2) is 0 Å². The number of rotatable bonds is 5. The van der Waals surface area contributed by atoms with Crippen LogP contribution in [0.5, 0.6) is 0 Å². The van der Waals surface area contributed by atoms with Gasteiger partial charge in [-0.3, -0.25) is 0 Å². The van der Waals surface area contributed by atoms with Crippen LogP contribution >= 0.6 is 0 Å². The van der Waals surface area contributed by atoms with Gasteiger partial charge in [0.25, 0.3) is 0 Å². The van der Waals surface area contributed by atoms with Crippen molar-refractivity contribution in [2.75, 3.05) is 0 Å². The Morgan fingerprint density at radius 2 is 2.05 bits per heavy atom. The van der Waals surface area contributed by atoms with Gasteiger partial charge in [0.2, 0.25) is 0 Å². The van der Waals surface area contributed by atoms with Crippen molar-refractivity contribution in [3.8, 4) is 0 Å². The molecule has 1 aromatic carbocycles. The van der Waals surface area contributed by atoms with Crippen molar-refractivity contribution < 1.29 is 9.90 Å². The molecule has 0 aliphatic rings. The van der Waals surface area contributed by atoms with Gasteiger partial charge in [0.1, 0.15) is 11.0 Å². The van der Waals surface area contributed by atoms with Crippen LogP contribution in [0.4, 0.5) is 0 Å². The van der Waals surface area contributed by atoms with Gasteiger partial charge in [-0.15, -0.1) is 5.10 Å². The largest absolute Gasteiger partial charge is 0.478 e. The SMILES string of the molecule is CC(C)CCC(C)n1nnc2cccc(C(=O)O)c21. The minimum atomic E-state index is -0.940. The Balaban J connectivity index is 2.40. The van der Waals surface area contributed by atoms with Crippen LogP contribution in [0.3, 0.4) is 0 Å². The molecule has 0 saturated carbocycles. The molecule has 0 radical (unpaired) electrons. The normalized spacial score (nSPS) is 13.1. The monoisotopic (exact) mass is 261 g/mol. The second-order valence-corrected chi connectivity index (χ2v) is 5.33. The van der Waals surface area contributed by atoms with Gasteiger partial charge in [-0.2, -0.15) is 0 Å². The highest BCUT2D eigenvalue weighted by Gasteiger charge is 2.17. The average molecular weight is 261 g/mol. The maximum atomic E-state index is 11.3. The number of nitrogens with zero attached hydrogens (tertiary/aromatic N) is 3. The first-order valence-corrected chi connectivity index (χ1v) is 6.58. The lowest BCUT2D eigenvalue weighted by Crippen LogP contribution is -2.10. The van der Waals surface area contributed by atoms with Gasteiger partial charge in [0.05, 0.1) is 11.6 Å². The number of aromatic carboxylic acids is 1. The molecule has 0 spiro atoms. The van der Waals surface area contributed by atoms with E-state index in [1.807, 2.05) is 0 Å². The van der Waals surface area contributed by atoms with E-state index in [2.05, 4.69) is 31.1 Å². The zero-order valence-corrected chi connectivity index (χ0v) is 11.5. The molecular weight excluding hydrogens is 242 g/mol. The predicted molar refractivity (Wildman–Crippen MR) is 73.3 cm³/mol. The topological polar surface area (TPSA) is 68.0 Å². The van der Waals surface area contributed by atoms with Gasteiger partial charge >= 0.3 is 5.97 Å². The van der Waals surface area contributed by atoms with E-state index in [9.17, 15) is 9.90 Å². The average Bonchev–Trinajstić information content (AvgIpc) is 2.79. The fourth-order valence-corrected chi connectivity index (χ4v) is 2.17. The first-order chi connectivity index (χ1) is 9.00. The Kier molecular flexibility index (Phi) is 3.83. The second kappa shape index (κ2) is 5.38. The number of carboxylic acid groups (broad SMARTS) is 1. The van der Waals surface area contributed by atoms with Crippen LogP contribution in [-0.2, 0) is 0 Å². The van der Waals surface area contributed by atoms with Gasteiger partial charge in [0, 0.05) is 0 Å². The lowest BCUT2D eigenvalue weighted by atomic mass is 10.0. The summed E-state index contributed by atoms with van der Waals surface area (Å²) in [5.41, 5.74) is 1.52. The number of fused-ring (bicyclic) bond motifs is 1. The van der Waals surface area contributed by atoms with Crippen molar-refractivity contribution >= 4 is 17.0 Å². The van der Waals surface area contributed by atoms with Crippen molar-refractivity contribution in [3.63, 3.8) is 0 Å². The molecule has 2 aromatic rings. The van der Waals surface area contributed by atoms with Crippen LogP contribution in [-0.4, -0.2) is 26.1 Å². The van der Waals surface area contributed by atoms with E-state index in [0.717, 1.165) is 12.8 Å². The number of benzene rings is 1. The summed E-state index contributed by atoms with van der Waals surface area (Å²) in [6.07, 6.45) is 2.04. The number of para-hydroxylation sites is 1. The maximum absolute atomic E-state index is 11.3. The first kappa shape index (κ1) is 13.5. The standard InChI is InChI=1S/C14H19N3O2/c1-9(2)7-8-10(3)17-13-11(14(18)19)5-4-6-12(13)15-16-17/h4-6,9-10H,7-8H2,1-3H3,(H,18,19). The molecule has 2 rings (SSSR count). The highest BCUT2D eigenvalue weighted by Crippen LogP contribution is 2.23. The third kappa shape index (κ3) is 2.75. The molecule has 0 saturated heterocycles. The van der Waals surface area contributed by atoms with Crippen molar-refractivity contribution in [1.82, 2.24) is 15.0 Å². The molecule has 1 heterocycles. The summed E-state index contributed by atoms with van der Waals surface area (Å²) in [7, 11) is 0. The maximum Gasteiger partial charge on any atom is 0.337 e. The van der Waals surface area contributed by atoms with Crippen LogP contribution < -0.4 is 0 Å². The highest BCUT2D eigenvalue weighted by molar-refractivity contribution is 6.00. The third-order valence-corrected chi connectivity index (χ3v) is 3.30. The third-order valence-electron chi connectivity index (χ3n) is 3.30. The molecule has 19 heavy (non-hydrogen) atoms. The molecule has 0 aliphatic carbocycles. The number of carbonyl (C=O) groups is 1. The molecule has 5 nitrogen and oxygen atoms in total. The number of hydrogen-bond acceptors (Lipinski definition) is 3. The minimum Gasteiger partial charge on any atom is -0.478 e. The number of aromatic nitrogens is 3. The second-order valence-electron chi connectivity index (χ2n) is 5.33. The molecule has 1 N–H and O–H groups in total. The van der Waals surface area contributed by atoms with E-state index in [0.29, 0.717) is 17.0 Å². The highest BCUT2D eigenvalue weighted by atomic mass is 16.4. The molecule has 1 atom stereocenters. The van der Waals surface area contributed by atoms with Crippen molar-refractivity contribution in [3.05, 3.63) is 23.8 Å². The molecule has 0 fully saturated rings. The minimum absolute atomic E-state index is 0.146. The Labute approximate surface area is 112 Å². The fraction of sp³-hybridized carbons (Fsp3) is 0.500. The van der Waals surface area contributed by atoms with Crippen LogP contribution in [0.1, 0.15) is 50.0 Å². The van der Waals surface area contributed by atoms with Crippen LogP contribution in [0.2, 0.25) is 0 Å². The molecule has 1 unspecified atom stereocenters. The Bertz CT molecular complexity index is 589. The summed E-state index contributed by atoms with van der Waals surface area (Å²) in [5, 5.41) is 17.4. The van der Waals surface area contributed by atoms with Crippen LogP contribution in [0.15, 0.2) is 18.2 Å². The van der Waals surface area contributed by atoms with E-state index in [1.165, 1.54) is 0 Å². The summed E-state index contributed by atoms with van der Waals surface area (Å²) >= 11 is 0. The predicted octanol–water partition coefficient (Wildman–Crippen LogP) is 3.13. The van der Waals surface area contributed by atoms with Crippen LogP contribution in [0.25, 0.3) is 11.0 Å². The van der Waals surface area contributed by atoms with E-state index < -0.39 is 5.97 Å². The molecule has 0 bridgehead atoms. The van der Waals surface area contributed by atoms with E-state index >= 15 is 0 Å². The Hall–Kier alpha value is -1.91. The molecule has 102 valence electrons.